The van der Waals surface area contributed by atoms with Crippen molar-refractivity contribution in [2.75, 3.05) is 10.8 Å². The molecule has 4 aromatic rings. The van der Waals surface area contributed by atoms with Gasteiger partial charge in [0.15, 0.2) is 0 Å². The first-order valence-corrected chi connectivity index (χ1v) is 18.8. The summed E-state index contributed by atoms with van der Waals surface area (Å²) in [6.45, 7) is -0.568. The van der Waals surface area contributed by atoms with Crippen LogP contribution in [0.25, 0.3) is 0 Å². The normalized spacial score (nSPS) is 14.3. The molecule has 0 aliphatic heterocycles. The highest BCUT2D eigenvalue weighted by Gasteiger charge is 2.35. The van der Waals surface area contributed by atoms with Crippen LogP contribution in [0.15, 0.2) is 108 Å². The van der Waals surface area contributed by atoms with Gasteiger partial charge in [-0.3, -0.25) is 13.9 Å². The van der Waals surface area contributed by atoms with Crippen molar-refractivity contribution in [2.24, 2.45) is 0 Å². The highest BCUT2D eigenvalue weighted by Crippen LogP contribution is 2.28. The van der Waals surface area contributed by atoms with Gasteiger partial charge in [0, 0.05) is 32.6 Å². The molecule has 1 fully saturated rings. The zero-order valence-electron chi connectivity index (χ0n) is 25.7. The maximum atomic E-state index is 14.7. The summed E-state index contributed by atoms with van der Waals surface area (Å²) < 4.78 is 30.3. The molecule has 1 atom stereocenters. The third-order valence-electron chi connectivity index (χ3n) is 8.30. The summed E-state index contributed by atoms with van der Waals surface area (Å²) in [7, 11) is -4.17. The lowest BCUT2D eigenvalue weighted by molar-refractivity contribution is -0.140. The first-order chi connectivity index (χ1) is 22.6. The Balaban J connectivity index is 1.57. The van der Waals surface area contributed by atoms with Crippen molar-refractivity contribution in [3.63, 3.8) is 0 Å². The molecule has 1 aliphatic carbocycles. The van der Waals surface area contributed by atoms with Crippen molar-refractivity contribution in [3.8, 4) is 0 Å². The van der Waals surface area contributed by atoms with Gasteiger partial charge < -0.3 is 10.2 Å². The molecule has 47 heavy (non-hydrogen) atoms. The monoisotopic (exact) mass is 803 g/mol. The molecular weight excluding hydrogens is 768 g/mol. The van der Waals surface area contributed by atoms with Crippen molar-refractivity contribution in [3.05, 3.63) is 128 Å². The van der Waals surface area contributed by atoms with Crippen molar-refractivity contribution >= 4 is 73.3 Å². The lowest BCUT2D eigenvalue weighted by Crippen LogP contribution is -2.55. The highest BCUT2D eigenvalue weighted by molar-refractivity contribution is 14.1. The number of amides is 2. The zero-order chi connectivity index (χ0) is 33.4. The molecule has 7 nitrogen and oxygen atoms in total. The SMILES string of the molecule is O=C(NC1CCCCC1)[C@H](Cc1ccccc1)N(Cc1ccc(Cl)cc1Cl)C(=O)CN(c1ccc(I)cc1)S(=O)(=O)c1ccccc1. The van der Waals surface area contributed by atoms with Gasteiger partial charge in [-0.15, -0.1) is 0 Å². The maximum absolute atomic E-state index is 14.7. The van der Waals surface area contributed by atoms with Crippen molar-refractivity contribution < 1.29 is 18.0 Å². The van der Waals surface area contributed by atoms with E-state index in [0.29, 0.717) is 21.3 Å². The number of rotatable bonds is 12. The Hall–Kier alpha value is -3.12. The smallest absolute Gasteiger partial charge is 0.264 e. The second kappa shape index (κ2) is 16.3. The Bertz CT molecular complexity index is 1770. The van der Waals surface area contributed by atoms with Crippen LogP contribution in [0.1, 0.15) is 43.2 Å². The summed E-state index contributed by atoms with van der Waals surface area (Å²) in [5.74, 6) is -0.834. The average molecular weight is 805 g/mol. The minimum Gasteiger partial charge on any atom is -0.352 e. The van der Waals surface area contributed by atoms with Crippen molar-refractivity contribution in [2.45, 2.75) is 62.0 Å². The molecule has 0 heterocycles. The maximum Gasteiger partial charge on any atom is 0.264 e. The van der Waals surface area contributed by atoms with Crippen LogP contribution in [0.5, 0.6) is 0 Å². The predicted molar refractivity (Wildman–Crippen MR) is 196 cm³/mol. The number of sulfonamides is 1. The summed E-state index contributed by atoms with van der Waals surface area (Å²) in [6.07, 6.45) is 5.15. The second-order valence-electron chi connectivity index (χ2n) is 11.6. The zero-order valence-corrected chi connectivity index (χ0v) is 30.2. The predicted octanol–water partition coefficient (Wildman–Crippen LogP) is 7.88. The highest BCUT2D eigenvalue weighted by atomic mass is 127. The lowest BCUT2D eigenvalue weighted by atomic mass is 9.94. The van der Waals surface area contributed by atoms with Gasteiger partial charge in [0.2, 0.25) is 11.8 Å². The van der Waals surface area contributed by atoms with E-state index in [1.54, 1.807) is 60.7 Å². The Morgan fingerprint density at radius 1 is 0.851 bits per heavy atom. The van der Waals surface area contributed by atoms with Crippen LogP contribution in [-0.2, 0) is 32.6 Å². The van der Waals surface area contributed by atoms with E-state index < -0.39 is 28.5 Å². The number of anilines is 1. The molecule has 0 bridgehead atoms. The Morgan fingerprint density at radius 2 is 1.49 bits per heavy atom. The summed E-state index contributed by atoms with van der Waals surface area (Å²) in [5, 5.41) is 3.99. The van der Waals surface area contributed by atoms with Gasteiger partial charge in [0.05, 0.1) is 10.6 Å². The number of hydrogen-bond acceptors (Lipinski definition) is 4. The van der Waals surface area contributed by atoms with E-state index >= 15 is 0 Å². The number of hydrogen-bond donors (Lipinski definition) is 1. The van der Waals surface area contributed by atoms with Gasteiger partial charge in [-0.05, 0) is 95.1 Å². The van der Waals surface area contributed by atoms with Gasteiger partial charge in [-0.1, -0.05) is 97.1 Å². The van der Waals surface area contributed by atoms with Crippen LogP contribution in [0.3, 0.4) is 0 Å². The fraction of sp³-hybridized carbons (Fsp3) is 0.278. The fourth-order valence-corrected chi connectivity index (χ4v) is 8.05. The Labute approximate surface area is 300 Å². The van der Waals surface area contributed by atoms with Crippen molar-refractivity contribution in [1.29, 1.82) is 0 Å². The van der Waals surface area contributed by atoms with Crippen LogP contribution in [0, 0.1) is 3.57 Å². The van der Waals surface area contributed by atoms with Gasteiger partial charge in [0.1, 0.15) is 12.6 Å². The first kappa shape index (κ1) is 35.2. The molecule has 0 unspecified atom stereocenters. The van der Waals surface area contributed by atoms with Crippen molar-refractivity contribution in [1.82, 2.24) is 10.2 Å². The minimum absolute atomic E-state index is 0.00680. The fourth-order valence-electron chi connectivity index (χ4n) is 5.79. The quantitative estimate of drug-likeness (QED) is 0.148. The van der Waals surface area contributed by atoms with E-state index in [2.05, 4.69) is 27.9 Å². The first-order valence-electron chi connectivity index (χ1n) is 15.5. The topological polar surface area (TPSA) is 86.8 Å². The van der Waals surface area contributed by atoms with Crippen LogP contribution in [0.2, 0.25) is 10.0 Å². The van der Waals surface area contributed by atoms with Crippen LogP contribution < -0.4 is 9.62 Å². The molecule has 11 heteroatoms. The molecule has 2 amide bonds. The number of halogens is 3. The molecule has 0 saturated heterocycles. The van der Waals surface area contributed by atoms with E-state index in [0.717, 1.165) is 45.5 Å². The van der Waals surface area contributed by atoms with Gasteiger partial charge in [-0.25, -0.2) is 8.42 Å². The molecule has 246 valence electrons. The van der Waals surface area contributed by atoms with E-state index in [1.165, 1.54) is 17.0 Å². The standard InChI is InChI=1S/C36H36Cl2IN3O4S/c37-28-17-16-27(33(38)23-28)24-41(34(22-26-10-4-1-5-11-26)36(44)40-30-12-6-2-7-13-30)35(43)25-42(31-20-18-29(39)19-21-31)47(45,46)32-14-8-3-9-15-32/h1,3-5,8-11,14-21,23,30,34H,2,6-7,12-13,22,24-25H2,(H,40,44)/t34-/m0/s1. The number of carbonyl (C=O) groups excluding carboxylic acids is 2. The summed E-state index contributed by atoms with van der Waals surface area (Å²) in [5.41, 5.74) is 1.78. The molecule has 1 aliphatic rings. The van der Waals surface area contributed by atoms with E-state index in [4.69, 9.17) is 23.2 Å². The number of nitrogens with one attached hydrogen (secondary N) is 1. The lowest BCUT2D eigenvalue weighted by Gasteiger charge is -2.35. The molecule has 1 N–H and O–H groups in total. The van der Waals surface area contributed by atoms with Crippen LogP contribution in [0.4, 0.5) is 5.69 Å². The molecule has 0 radical (unpaired) electrons. The van der Waals surface area contributed by atoms with Crippen LogP contribution in [-0.4, -0.2) is 43.8 Å². The second-order valence-corrected chi connectivity index (χ2v) is 15.6. The summed E-state index contributed by atoms with van der Waals surface area (Å²) >= 11 is 15.0. The molecule has 4 aromatic carbocycles. The average Bonchev–Trinajstić information content (AvgIpc) is 3.07. The summed E-state index contributed by atoms with van der Waals surface area (Å²) in [4.78, 5) is 30.4. The molecule has 5 rings (SSSR count). The molecule has 0 spiro atoms. The molecule has 1 saturated carbocycles. The number of carbonyl (C=O) groups is 2. The largest absolute Gasteiger partial charge is 0.352 e. The third-order valence-corrected chi connectivity index (χ3v) is 11.4. The van der Waals surface area contributed by atoms with E-state index in [9.17, 15) is 18.0 Å². The third kappa shape index (κ3) is 9.28. The van der Waals surface area contributed by atoms with E-state index in [1.807, 2.05) is 30.3 Å². The summed E-state index contributed by atoms with van der Waals surface area (Å²) in [6, 6.07) is 28.5. The van der Waals surface area contributed by atoms with Gasteiger partial charge in [0.25, 0.3) is 10.0 Å². The van der Waals surface area contributed by atoms with Gasteiger partial charge >= 0.3 is 0 Å². The van der Waals surface area contributed by atoms with Gasteiger partial charge in [-0.2, -0.15) is 0 Å². The number of nitrogens with zero attached hydrogens (tertiary/aromatic N) is 2. The Kier molecular flexibility index (Phi) is 12.2. The molecular formula is C36H36Cl2IN3O4S. The minimum atomic E-state index is -4.17. The van der Waals surface area contributed by atoms with Crippen LogP contribution >= 0.6 is 45.8 Å². The van der Waals surface area contributed by atoms with E-state index in [-0.39, 0.29) is 29.8 Å². The Morgan fingerprint density at radius 3 is 2.13 bits per heavy atom. The molecule has 0 aromatic heterocycles. The number of benzene rings is 4.